The Kier molecular flexibility index (Phi) is 7.96. The van der Waals surface area contributed by atoms with E-state index >= 15 is 0 Å². The summed E-state index contributed by atoms with van der Waals surface area (Å²) < 4.78 is 5.49. The summed E-state index contributed by atoms with van der Waals surface area (Å²) in [6.45, 7) is 3.08. The number of benzene rings is 1. The lowest BCUT2D eigenvalue weighted by molar-refractivity contribution is -0.00000593. The van der Waals surface area contributed by atoms with Crippen LogP contribution in [0.3, 0.4) is 0 Å². The van der Waals surface area contributed by atoms with Gasteiger partial charge in [0.15, 0.2) is 0 Å². The van der Waals surface area contributed by atoms with Gasteiger partial charge in [0, 0.05) is 6.54 Å². The molecule has 1 rings (SSSR count). The molecule has 0 aromatic heterocycles. The summed E-state index contributed by atoms with van der Waals surface area (Å²) in [4.78, 5) is 1.94. The Morgan fingerprint density at radius 1 is 1.24 bits per heavy atom. The molecular formula is C13H21ClNO2-. The van der Waals surface area contributed by atoms with Crippen LogP contribution in [0.2, 0.25) is 0 Å². The normalized spacial score (nSPS) is 12.1. The van der Waals surface area contributed by atoms with Gasteiger partial charge in [0.1, 0.15) is 18.5 Å². The third-order valence-corrected chi connectivity index (χ3v) is 2.35. The number of aryl methyl sites for hydroxylation is 1. The van der Waals surface area contributed by atoms with Crippen LogP contribution in [0.4, 0.5) is 0 Å². The molecule has 0 aliphatic heterocycles. The van der Waals surface area contributed by atoms with Crippen LogP contribution in [0.1, 0.15) is 12.5 Å². The Balaban J connectivity index is 0.00000256. The van der Waals surface area contributed by atoms with Gasteiger partial charge in [-0.3, -0.25) is 0 Å². The van der Waals surface area contributed by atoms with E-state index in [1.165, 1.54) is 5.56 Å². The zero-order valence-electron chi connectivity index (χ0n) is 10.7. The summed E-state index contributed by atoms with van der Waals surface area (Å²) >= 11 is 0. The highest BCUT2D eigenvalue weighted by molar-refractivity contribution is 5.27. The molecule has 1 atom stereocenters. The quantitative estimate of drug-likeness (QED) is 0.678. The predicted molar refractivity (Wildman–Crippen MR) is 65.9 cm³/mol. The third-order valence-electron chi connectivity index (χ3n) is 2.35. The molecule has 3 nitrogen and oxygen atoms in total. The number of ether oxygens (including phenoxy) is 1. The topological polar surface area (TPSA) is 32.7 Å². The van der Waals surface area contributed by atoms with Gasteiger partial charge in [0.05, 0.1) is 0 Å². The lowest BCUT2D eigenvalue weighted by Gasteiger charge is -2.16. The third kappa shape index (κ3) is 6.51. The van der Waals surface area contributed by atoms with Crippen LogP contribution in [-0.2, 0) is 6.42 Å². The predicted octanol–water partition coefficient (Wildman–Crippen LogP) is -1.45. The highest BCUT2D eigenvalue weighted by atomic mass is 35.5. The molecule has 1 aromatic carbocycles. The van der Waals surface area contributed by atoms with Crippen molar-refractivity contribution in [3.63, 3.8) is 0 Å². The molecule has 1 N–H and O–H groups in total. The molecule has 4 heteroatoms. The van der Waals surface area contributed by atoms with Crippen molar-refractivity contribution in [2.45, 2.75) is 19.4 Å². The molecule has 0 radical (unpaired) electrons. The van der Waals surface area contributed by atoms with Gasteiger partial charge in [-0.05, 0) is 38.2 Å². The monoisotopic (exact) mass is 258 g/mol. The molecule has 17 heavy (non-hydrogen) atoms. The minimum Gasteiger partial charge on any atom is -1.00 e. The van der Waals surface area contributed by atoms with Crippen molar-refractivity contribution >= 4 is 0 Å². The Bertz CT molecular complexity index is 301. The van der Waals surface area contributed by atoms with Gasteiger partial charge in [-0.2, -0.15) is 0 Å². The van der Waals surface area contributed by atoms with Crippen LogP contribution < -0.4 is 17.1 Å². The summed E-state index contributed by atoms with van der Waals surface area (Å²) in [5.41, 5.74) is 1.29. The maximum Gasteiger partial charge on any atom is 0.119 e. The fourth-order valence-electron chi connectivity index (χ4n) is 1.49. The lowest BCUT2D eigenvalue weighted by Crippen LogP contribution is -3.00. The first-order valence-electron chi connectivity index (χ1n) is 5.66. The molecule has 0 fully saturated rings. The number of hydrogen-bond acceptors (Lipinski definition) is 3. The smallest absolute Gasteiger partial charge is 0.119 e. The molecule has 0 aliphatic carbocycles. The van der Waals surface area contributed by atoms with E-state index in [0.717, 1.165) is 12.2 Å². The largest absolute Gasteiger partial charge is 1.00 e. The Hall–Kier alpha value is -0.770. The number of nitrogens with zero attached hydrogens (tertiary/aromatic N) is 1. The minimum absolute atomic E-state index is 0. The van der Waals surface area contributed by atoms with E-state index in [1.807, 2.05) is 43.3 Å². The number of hydrogen-bond donors (Lipinski definition) is 1. The summed E-state index contributed by atoms with van der Waals surface area (Å²) in [7, 11) is 3.86. The summed E-state index contributed by atoms with van der Waals surface area (Å²) in [5.74, 6) is 0.815. The van der Waals surface area contributed by atoms with Gasteiger partial charge in [-0.25, -0.2) is 0 Å². The van der Waals surface area contributed by atoms with Crippen molar-refractivity contribution < 1.29 is 22.3 Å². The van der Waals surface area contributed by atoms with Crippen molar-refractivity contribution in [2.24, 2.45) is 0 Å². The van der Waals surface area contributed by atoms with Gasteiger partial charge in [-0.15, -0.1) is 0 Å². The summed E-state index contributed by atoms with van der Waals surface area (Å²) in [5, 5.41) is 9.62. The number of aliphatic hydroxyl groups is 1. The second-order valence-corrected chi connectivity index (χ2v) is 4.22. The molecule has 1 aromatic rings. The van der Waals surface area contributed by atoms with E-state index in [-0.39, 0.29) is 12.4 Å². The van der Waals surface area contributed by atoms with E-state index in [9.17, 15) is 5.11 Å². The van der Waals surface area contributed by atoms with Gasteiger partial charge in [-0.1, -0.05) is 19.1 Å². The van der Waals surface area contributed by atoms with Crippen molar-refractivity contribution in [3.05, 3.63) is 29.8 Å². The van der Waals surface area contributed by atoms with Crippen LogP contribution in [-0.4, -0.2) is 43.4 Å². The van der Waals surface area contributed by atoms with Crippen molar-refractivity contribution in [1.82, 2.24) is 4.90 Å². The van der Waals surface area contributed by atoms with Crippen LogP contribution >= 0.6 is 0 Å². The number of rotatable bonds is 6. The first kappa shape index (κ1) is 16.2. The molecule has 1 unspecified atom stereocenters. The number of halogens is 1. The zero-order chi connectivity index (χ0) is 12.0. The van der Waals surface area contributed by atoms with Crippen molar-refractivity contribution in [1.29, 1.82) is 0 Å². The highest BCUT2D eigenvalue weighted by Crippen LogP contribution is 2.12. The molecule has 0 amide bonds. The second kappa shape index (κ2) is 8.34. The van der Waals surface area contributed by atoms with Gasteiger partial charge in [0.25, 0.3) is 0 Å². The number of aliphatic hydroxyl groups excluding tert-OH is 1. The molecule has 0 bridgehead atoms. The van der Waals surface area contributed by atoms with E-state index in [1.54, 1.807) is 0 Å². The molecule has 98 valence electrons. The average molecular weight is 259 g/mol. The summed E-state index contributed by atoms with van der Waals surface area (Å²) in [6.07, 6.45) is 0.588. The van der Waals surface area contributed by atoms with Crippen LogP contribution in [0.5, 0.6) is 5.75 Å². The average Bonchev–Trinajstić information content (AvgIpc) is 2.26. The van der Waals surface area contributed by atoms with Crippen LogP contribution in [0, 0.1) is 0 Å². The minimum atomic E-state index is -0.444. The molecule has 0 aliphatic rings. The van der Waals surface area contributed by atoms with E-state index in [2.05, 4.69) is 6.92 Å². The lowest BCUT2D eigenvalue weighted by atomic mass is 10.2. The Morgan fingerprint density at radius 2 is 1.82 bits per heavy atom. The van der Waals surface area contributed by atoms with Crippen LogP contribution in [0.25, 0.3) is 0 Å². The van der Waals surface area contributed by atoms with Crippen molar-refractivity contribution in [2.75, 3.05) is 27.2 Å². The van der Waals surface area contributed by atoms with Gasteiger partial charge in [0.2, 0.25) is 0 Å². The van der Waals surface area contributed by atoms with E-state index < -0.39 is 6.10 Å². The van der Waals surface area contributed by atoms with Crippen molar-refractivity contribution in [3.8, 4) is 5.75 Å². The fourth-order valence-corrected chi connectivity index (χ4v) is 1.49. The maximum atomic E-state index is 9.62. The SMILES string of the molecule is CCc1ccc(OCC(O)CN(C)C)cc1.[Cl-]. The highest BCUT2D eigenvalue weighted by Gasteiger charge is 2.06. The first-order valence-corrected chi connectivity index (χ1v) is 5.66. The standard InChI is InChI=1S/C13H21NO2.ClH/c1-4-11-5-7-13(8-6-11)16-10-12(15)9-14(2)3;/h5-8,12,15H,4,9-10H2,1-3H3;1H/p-1. The Morgan fingerprint density at radius 3 is 2.29 bits per heavy atom. The molecule has 0 heterocycles. The number of likely N-dealkylation sites (N-methyl/N-ethyl adjacent to an activating group) is 1. The fraction of sp³-hybridized carbons (Fsp3) is 0.538. The molecule has 0 saturated carbocycles. The second-order valence-electron chi connectivity index (χ2n) is 4.22. The van der Waals surface area contributed by atoms with Crippen LogP contribution in [0.15, 0.2) is 24.3 Å². The van der Waals surface area contributed by atoms with Gasteiger partial charge < -0.3 is 27.2 Å². The molecular weight excluding hydrogens is 238 g/mol. The van der Waals surface area contributed by atoms with E-state index in [0.29, 0.717) is 13.2 Å². The molecule has 0 spiro atoms. The van der Waals surface area contributed by atoms with E-state index in [4.69, 9.17) is 4.74 Å². The Labute approximate surface area is 110 Å². The summed E-state index contributed by atoms with van der Waals surface area (Å²) in [6, 6.07) is 7.99. The van der Waals surface area contributed by atoms with Gasteiger partial charge >= 0.3 is 0 Å². The maximum absolute atomic E-state index is 9.62. The first-order chi connectivity index (χ1) is 7.61. The zero-order valence-corrected chi connectivity index (χ0v) is 11.4. The molecule has 0 saturated heterocycles.